The van der Waals surface area contributed by atoms with Gasteiger partial charge in [0.15, 0.2) is 11.5 Å². The van der Waals surface area contributed by atoms with Crippen molar-refractivity contribution in [3.8, 4) is 28.6 Å². The highest BCUT2D eigenvalue weighted by Gasteiger charge is 2.19. The van der Waals surface area contributed by atoms with Crippen LogP contribution in [0.1, 0.15) is 25.3 Å². The number of rotatable bonds is 10. The molecule has 8 nitrogen and oxygen atoms in total. The van der Waals surface area contributed by atoms with Gasteiger partial charge in [0.05, 0.1) is 21.3 Å². The van der Waals surface area contributed by atoms with Crippen molar-refractivity contribution in [2.24, 2.45) is 0 Å². The van der Waals surface area contributed by atoms with E-state index in [-0.39, 0.29) is 11.9 Å². The molecule has 3 aromatic rings. The maximum atomic E-state index is 12.7. The lowest BCUT2D eigenvalue weighted by molar-refractivity contribution is -0.127. The number of benzene rings is 2. The van der Waals surface area contributed by atoms with E-state index >= 15 is 0 Å². The molecule has 0 atom stereocenters. The van der Waals surface area contributed by atoms with Gasteiger partial charge in [-0.15, -0.1) is 0 Å². The molecule has 0 radical (unpaired) electrons. The van der Waals surface area contributed by atoms with E-state index in [4.69, 9.17) is 18.7 Å². The summed E-state index contributed by atoms with van der Waals surface area (Å²) in [5, 5.41) is 4.08. The van der Waals surface area contributed by atoms with Gasteiger partial charge in [-0.1, -0.05) is 35.5 Å². The number of nitrogens with zero attached hydrogens (tertiary/aromatic N) is 3. The Morgan fingerprint density at radius 2 is 1.73 bits per heavy atom. The Morgan fingerprint density at radius 1 is 1.06 bits per heavy atom. The number of hydrogen-bond acceptors (Lipinski definition) is 7. The van der Waals surface area contributed by atoms with Crippen molar-refractivity contribution in [2.45, 2.75) is 26.3 Å². The first-order chi connectivity index (χ1) is 16.0. The number of methoxy groups -OCH3 is 3. The van der Waals surface area contributed by atoms with Crippen LogP contribution in [0, 0.1) is 0 Å². The van der Waals surface area contributed by atoms with Crippen LogP contribution in [0.4, 0.5) is 0 Å². The van der Waals surface area contributed by atoms with Gasteiger partial charge in [0.25, 0.3) is 0 Å². The highest BCUT2D eigenvalue weighted by molar-refractivity contribution is 5.92. The molecule has 174 valence electrons. The van der Waals surface area contributed by atoms with Gasteiger partial charge < -0.3 is 23.6 Å². The van der Waals surface area contributed by atoms with E-state index in [2.05, 4.69) is 10.1 Å². The topological polar surface area (TPSA) is 86.9 Å². The summed E-state index contributed by atoms with van der Waals surface area (Å²) < 4.78 is 21.6. The summed E-state index contributed by atoms with van der Waals surface area (Å²) >= 11 is 0. The summed E-state index contributed by atoms with van der Waals surface area (Å²) in [6.07, 6.45) is 3.83. The molecule has 0 spiro atoms. The van der Waals surface area contributed by atoms with Crippen LogP contribution in [0.3, 0.4) is 0 Å². The summed E-state index contributed by atoms with van der Waals surface area (Å²) in [7, 11) is 4.64. The third kappa shape index (κ3) is 5.91. The molecule has 8 heteroatoms. The average molecular weight is 452 g/mol. The van der Waals surface area contributed by atoms with Crippen molar-refractivity contribution in [3.05, 3.63) is 60.0 Å². The number of carbonyl (C=O) groups excluding carboxylic acids is 1. The third-order valence-electron chi connectivity index (χ3n) is 5.08. The number of hydrogen-bond donors (Lipinski definition) is 0. The minimum atomic E-state index is -0.0711. The summed E-state index contributed by atoms with van der Waals surface area (Å²) in [4.78, 5) is 19.0. The molecule has 33 heavy (non-hydrogen) atoms. The fourth-order valence-electron chi connectivity index (χ4n) is 3.35. The molecule has 0 aliphatic carbocycles. The van der Waals surface area contributed by atoms with Gasteiger partial charge in [0.1, 0.15) is 0 Å². The molecule has 1 heterocycles. The molecule has 0 unspecified atom stereocenters. The minimum Gasteiger partial charge on any atom is -0.493 e. The SMILES string of the molecule is COc1cc(-c2noc(CCN(C(=O)/C=C/c3ccccc3)C(C)C)n2)cc(OC)c1OC. The van der Waals surface area contributed by atoms with E-state index in [1.807, 2.05) is 50.3 Å². The zero-order valence-electron chi connectivity index (χ0n) is 19.6. The molecule has 1 aromatic heterocycles. The Bertz CT molecular complexity index is 1070. The lowest BCUT2D eigenvalue weighted by Gasteiger charge is -2.24. The van der Waals surface area contributed by atoms with Gasteiger partial charge in [-0.2, -0.15) is 4.98 Å². The van der Waals surface area contributed by atoms with E-state index in [1.54, 1.807) is 44.4 Å². The molecule has 0 aliphatic heterocycles. The Hall–Kier alpha value is -3.81. The maximum Gasteiger partial charge on any atom is 0.246 e. The first-order valence-corrected chi connectivity index (χ1v) is 10.6. The Balaban J connectivity index is 1.71. The van der Waals surface area contributed by atoms with Crippen molar-refractivity contribution in [2.75, 3.05) is 27.9 Å². The second-order valence-electron chi connectivity index (χ2n) is 7.55. The molecule has 0 aliphatic rings. The Labute approximate surface area is 193 Å². The van der Waals surface area contributed by atoms with Crippen LogP contribution in [0.2, 0.25) is 0 Å². The third-order valence-corrected chi connectivity index (χ3v) is 5.08. The summed E-state index contributed by atoms with van der Waals surface area (Å²) in [5.74, 6) is 2.25. The molecule has 0 fully saturated rings. The molecule has 2 aromatic carbocycles. The van der Waals surface area contributed by atoms with Crippen molar-refractivity contribution < 1.29 is 23.5 Å². The molecule has 0 saturated heterocycles. The van der Waals surface area contributed by atoms with Gasteiger partial charge in [-0.05, 0) is 37.6 Å². The van der Waals surface area contributed by atoms with Gasteiger partial charge in [0, 0.05) is 30.6 Å². The fraction of sp³-hybridized carbons (Fsp3) is 0.320. The van der Waals surface area contributed by atoms with E-state index in [0.29, 0.717) is 47.5 Å². The minimum absolute atomic E-state index is 0.0235. The number of ether oxygens (including phenoxy) is 3. The van der Waals surface area contributed by atoms with Crippen molar-refractivity contribution >= 4 is 12.0 Å². The summed E-state index contributed by atoms with van der Waals surface area (Å²) in [5.41, 5.74) is 1.64. The molecule has 0 bridgehead atoms. The Morgan fingerprint density at radius 3 is 2.30 bits per heavy atom. The lowest BCUT2D eigenvalue weighted by Crippen LogP contribution is -2.37. The number of carbonyl (C=O) groups is 1. The van der Waals surface area contributed by atoms with Crippen LogP contribution in [0.5, 0.6) is 17.2 Å². The van der Waals surface area contributed by atoms with Crippen molar-refractivity contribution in [1.29, 1.82) is 0 Å². The Kier molecular flexibility index (Phi) is 8.07. The normalized spacial score (nSPS) is 11.1. The summed E-state index contributed by atoms with van der Waals surface area (Å²) in [6, 6.07) is 13.3. The summed E-state index contributed by atoms with van der Waals surface area (Å²) in [6.45, 7) is 4.40. The quantitative estimate of drug-likeness (QED) is 0.426. The van der Waals surface area contributed by atoms with E-state index in [9.17, 15) is 4.79 Å². The largest absolute Gasteiger partial charge is 0.493 e. The van der Waals surface area contributed by atoms with Gasteiger partial charge in [0.2, 0.25) is 23.4 Å². The fourth-order valence-corrected chi connectivity index (χ4v) is 3.35. The predicted molar refractivity (Wildman–Crippen MR) is 125 cm³/mol. The van der Waals surface area contributed by atoms with Crippen molar-refractivity contribution in [1.82, 2.24) is 15.0 Å². The van der Waals surface area contributed by atoms with E-state index in [0.717, 1.165) is 5.56 Å². The molecule has 0 N–H and O–H groups in total. The lowest BCUT2D eigenvalue weighted by atomic mass is 10.1. The van der Waals surface area contributed by atoms with Gasteiger partial charge in [-0.25, -0.2) is 0 Å². The van der Waals surface area contributed by atoms with Crippen LogP contribution >= 0.6 is 0 Å². The zero-order chi connectivity index (χ0) is 23.8. The van der Waals surface area contributed by atoms with Gasteiger partial charge in [-0.3, -0.25) is 4.79 Å². The zero-order valence-corrected chi connectivity index (χ0v) is 19.6. The average Bonchev–Trinajstić information content (AvgIpc) is 3.31. The van der Waals surface area contributed by atoms with Crippen LogP contribution in [0.25, 0.3) is 17.5 Å². The van der Waals surface area contributed by atoms with E-state index < -0.39 is 0 Å². The second-order valence-corrected chi connectivity index (χ2v) is 7.55. The molecule has 0 saturated carbocycles. The molecule has 3 rings (SSSR count). The maximum absolute atomic E-state index is 12.7. The monoisotopic (exact) mass is 451 g/mol. The van der Waals surface area contributed by atoms with Crippen LogP contribution in [0.15, 0.2) is 53.1 Å². The number of amides is 1. The number of aromatic nitrogens is 2. The standard InChI is InChI=1S/C25H29N3O5/c1-17(2)28(23(29)12-11-18-9-7-6-8-10-18)14-13-22-26-25(27-33-22)19-15-20(30-3)24(32-5)21(16-19)31-4/h6-12,15-17H,13-14H2,1-5H3/b12-11+. The first-order valence-electron chi connectivity index (χ1n) is 10.6. The highest BCUT2D eigenvalue weighted by Crippen LogP contribution is 2.40. The predicted octanol–water partition coefficient (Wildman–Crippen LogP) is 4.26. The molecular weight excluding hydrogens is 422 g/mol. The van der Waals surface area contributed by atoms with Crippen molar-refractivity contribution in [3.63, 3.8) is 0 Å². The first kappa shape index (κ1) is 23.8. The smallest absolute Gasteiger partial charge is 0.246 e. The van der Waals surface area contributed by atoms with Crippen LogP contribution in [-0.4, -0.2) is 54.9 Å². The molecular formula is C25H29N3O5. The highest BCUT2D eigenvalue weighted by atomic mass is 16.5. The van der Waals surface area contributed by atoms with Crippen LogP contribution < -0.4 is 14.2 Å². The molecule has 1 amide bonds. The van der Waals surface area contributed by atoms with Crippen LogP contribution in [-0.2, 0) is 11.2 Å². The second kappa shape index (κ2) is 11.2. The van der Waals surface area contributed by atoms with E-state index in [1.165, 1.54) is 0 Å². The van der Waals surface area contributed by atoms with Gasteiger partial charge >= 0.3 is 0 Å².